The lowest BCUT2D eigenvalue weighted by atomic mass is 10.0. The molecule has 1 aliphatic carbocycles. The van der Waals surface area contributed by atoms with E-state index in [0.717, 1.165) is 24.2 Å². The summed E-state index contributed by atoms with van der Waals surface area (Å²) in [5.41, 5.74) is 1.75. The second-order valence-corrected chi connectivity index (χ2v) is 5.38. The predicted octanol–water partition coefficient (Wildman–Crippen LogP) is 4.19. The lowest BCUT2D eigenvalue weighted by Crippen LogP contribution is -2.11. The summed E-state index contributed by atoms with van der Waals surface area (Å²) in [6, 6.07) is 12.8. The van der Waals surface area contributed by atoms with Crippen LogP contribution in [0.2, 0.25) is 0 Å². The first-order chi connectivity index (χ1) is 10.3. The molecule has 3 nitrogen and oxygen atoms in total. The molecule has 1 fully saturated rings. The van der Waals surface area contributed by atoms with Crippen molar-refractivity contribution in [3.05, 3.63) is 48.0 Å². The van der Waals surface area contributed by atoms with Crippen LogP contribution in [0.3, 0.4) is 0 Å². The summed E-state index contributed by atoms with van der Waals surface area (Å²) < 4.78 is 6.09. The first-order valence-electron chi connectivity index (χ1n) is 7.33. The third kappa shape index (κ3) is 2.77. The average Bonchev–Trinajstić information content (AvgIpc) is 3.01. The summed E-state index contributed by atoms with van der Waals surface area (Å²) in [5.74, 6) is 0.776. The fourth-order valence-corrected chi connectivity index (χ4v) is 2.85. The number of rotatable bonds is 4. The molecule has 108 valence electrons. The molecule has 0 amide bonds. The Balaban J connectivity index is 2.00. The second-order valence-electron chi connectivity index (χ2n) is 5.38. The Bertz CT molecular complexity index is 643. The molecule has 0 heterocycles. The van der Waals surface area contributed by atoms with E-state index in [0.29, 0.717) is 17.4 Å². The van der Waals surface area contributed by atoms with Crippen LogP contribution in [0.15, 0.2) is 42.5 Å². The molecule has 1 aliphatic rings. The van der Waals surface area contributed by atoms with Gasteiger partial charge < -0.3 is 9.84 Å². The summed E-state index contributed by atoms with van der Waals surface area (Å²) in [5, 5.41) is 10.2. The molecule has 21 heavy (non-hydrogen) atoms. The van der Waals surface area contributed by atoms with Gasteiger partial charge in [0.15, 0.2) is 6.29 Å². The molecular weight excluding hydrogens is 264 g/mol. The number of carbonyl (C=O) groups is 1. The number of aldehydes is 1. The van der Waals surface area contributed by atoms with E-state index < -0.39 is 0 Å². The highest BCUT2D eigenvalue weighted by Gasteiger charge is 2.19. The highest BCUT2D eigenvalue weighted by Crippen LogP contribution is 2.38. The van der Waals surface area contributed by atoms with Crippen molar-refractivity contribution in [1.29, 1.82) is 0 Å². The van der Waals surface area contributed by atoms with Crippen molar-refractivity contribution in [2.24, 2.45) is 0 Å². The molecule has 0 saturated heterocycles. The fourth-order valence-electron chi connectivity index (χ4n) is 2.85. The first-order valence-corrected chi connectivity index (χ1v) is 7.33. The Morgan fingerprint density at radius 2 is 1.71 bits per heavy atom. The number of aromatic hydroxyl groups is 1. The number of phenolic OH excluding ortho intramolecular Hbond substituents is 1. The lowest BCUT2D eigenvalue weighted by Gasteiger charge is -2.17. The standard InChI is InChI=1S/C18H18O3/c19-12-13-6-5-10-16(18(13)20)15-9-3-4-11-17(15)21-14-7-1-2-8-14/h3-6,9-12,14,20H,1-2,7-8H2. The maximum atomic E-state index is 11.0. The zero-order valence-electron chi connectivity index (χ0n) is 11.8. The van der Waals surface area contributed by atoms with Crippen LogP contribution in [0.25, 0.3) is 11.1 Å². The van der Waals surface area contributed by atoms with Gasteiger partial charge in [0.25, 0.3) is 0 Å². The molecule has 0 spiro atoms. The second kappa shape index (κ2) is 6.00. The SMILES string of the molecule is O=Cc1cccc(-c2ccccc2OC2CCCC2)c1O. The van der Waals surface area contributed by atoms with Gasteiger partial charge in [-0.15, -0.1) is 0 Å². The normalized spacial score (nSPS) is 15.0. The molecule has 1 saturated carbocycles. The van der Waals surface area contributed by atoms with Crippen LogP contribution in [0.1, 0.15) is 36.0 Å². The Kier molecular flexibility index (Phi) is 3.91. The molecule has 1 N–H and O–H groups in total. The number of hydrogen-bond acceptors (Lipinski definition) is 3. The molecule has 0 radical (unpaired) electrons. The number of carbonyl (C=O) groups excluding carboxylic acids is 1. The van der Waals surface area contributed by atoms with Crippen molar-refractivity contribution in [3.63, 3.8) is 0 Å². The van der Waals surface area contributed by atoms with Crippen LogP contribution in [-0.2, 0) is 0 Å². The van der Waals surface area contributed by atoms with E-state index in [1.54, 1.807) is 18.2 Å². The van der Waals surface area contributed by atoms with E-state index in [9.17, 15) is 9.90 Å². The van der Waals surface area contributed by atoms with Gasteiger partial charge in [-0.2, -0.15) is 0 Å². The van der Waals surface area contributed by atoms with E-state index in [1.165, 1.54) is 12.8 Å². The molecule has 0 aromatic heterocycles. The Morgan fingerprint density at radius 1 is 1.00 bits per heavy atom. The van der Waals surface area contributed by atoms with Crippen molar-refractivity contribution in [2.75, 3.05) is 0 Å². The summed E-state index contributed by atoms with van der Waals surface area (Å²) in [6.45, 7) is 0. The van der Waals surface area contributed by atoms with Gasteiger partial charge in [-0.05, 0) is 37.8 Å². The molecule has 0 atom stereocenters. The number of para-hydroxylation sites is 2. The fraction of sp³-hybridized carbons (Fsp3) is 0.278. The van der Waals surface area contributed by atoms with Crippen LogP contribution < -0.4 is 4.74 Å². The van der Waals surface area contributed by atoms with Crippen LogP contribution in [0, 0.1) is 0 Å². The van der Waals surface area contributed by atoms with Crippen molar-refractivity contribution in [1.82, 2.24) is 0 Å². The number of benzene rings is 2. The monoisotopic (exact) mass is 282 g/mol. The maximum Gasteiger partial charge on any atom is 0.153 e. The maximum absolute atomic E-state index is 11.0. The van der Waals surface area contributed by atoms with E-state index in [1.807, 2.05) is 24.3 Å². The topological polar surface area (TPSA) is 46.5 Å². The van der Waals surface area contributed by atoms with Gasteiger partial charge in [0, 0.05) is 11.1 Å². The average molecular weight is 282 g/mol. The summed E-state index contributed by atoms with van der Waals surface area (Å²) >= 11 is 0. The molecule has 2 aromatic carbocycles. The van der Waals surface area contributed by atoms with Crippen molar-refractivity contribution >= 4 is 6.29 Å². The Hall–Kier alpha value is -2.29. The van der Waals surface area contributed by atoms with Gasteiger partial charge in [0.1, 0.15) is 11.5 Å². The summed E-state index contributed by atoms with van der Waals surface area (Å²) in [7, 11) is 0. The largest absolute Gasteiger partial charge is 0.507 e. The zero-order valence-corrected chi connectivity index (χ0v) is 11.8. The predicted molar refractivity (Wildman–Crippen MR) is 81.8 cm³/mol. The third-order valence-electron chi connectivity index (χ3n) is 3.97. The third-order valence-corrected chi connectivity index (χ3v) is 3.97. The summed E-state index contributed by atoms with van der Waals surface area (Å²) in [4.78, 5) is 11.0. The number of ether oxygens (including phenoxy) is 1. The summed E-state index contributed by atoms with van der Waals surface area (Å²) in [6.07, 6.45) is 5.49. The molecule has 3 heteroatoms. The van der Waals surface area contributed by atoms with Crippen molar-refractivity contribution in [3.8, 4) is 22.6 Å². The quantitative estimate of drug-likeness (QED) is 0.855. The van der Waals surface area contributed by atoms with Crippen molar-refractivity contribution in [2.45, 2.75) is 31.8 Å². The highest BCUT2D eigenvalue weighted by molar-refractivity contribution is 5.87. The van der Waals surface area contributed by atoms with Gasteiger partial charge >= 0.3 is 0 Å². The molecule has 3 rings (SSSR count). The van der Waals surface area contributed by atoms with Crippen LogP contribution >= 0.6 is 0 Å². The van der Waals surface area contributed by atoms with Crippen molar-refractivity contribution < 1.29 is 14.6 Å². The minimum atomic E-state index is 0.00923. The lowest BCUT2D eigenvalue weighted by molar-refractivity contribution is 0.112. The van der Waals surface area contributed by atoms with Crippen LogP contribution in [0.5, 0.6) is 11.5 Å². The van der Waals surface area contributed by atoms with Gasteiger partial charge in [-0.3, -0.25) is 4.79 Å². The van der Waals surface area contributed by atoms with Gasteiger partial charge in [0.2, 0.25) is 0 Å². The smallest absolute Gasteiger partial charge is 0.153 e. The van der Waals surface area contributed by atoms with E-state index in [4.69, 9.17) is 4.74 Å². The first kappa shape index (κ1) is 13.7. The van der Waals surface area contributed by atoms with Crippen LogP contribution in [-0.4, -0.2) is 17.5 Å². The Labute approximate surface area is 124 Å². The molecule has 0 aliphatic heterocycles. The van der Waals surface area contributed by atoms with Crippen LogP contribution in [0.4, 0.5) is 0 Å². The number of hydrogen-bond donors (Lipinski definition) is 1. The highest BCUT2D eigenvalue weighted by atomic mass is 16.5. The zero-order chi connectivity index (χ0) is 14.7. The number of phenols is 1. The molecular formula is C18H18O3. The molecule has 0 bridgehead atoms. The van der Waals surface area contributed by atoms with Gasteiger partial charge in [-0.25, -0.2) is 0 Å². The minimum absolute atomic E-state index is 0.00923. The van der Waals surface area contributed by atoms with Gasteiger partial charge in [-0.1, -0.05) is 30.3 Å². The van der Waals surface area contributed by atoms with Gasteiger partial charge in [0.05, 0.1) is 11.7 Å². The Morgan fingerprint density at radius 3 is 2.48 bits per heavy atom. The minimum Gasteiger partial charge on any atom is -0.507 e. The molecule has 2 aromatic rings. The van der Waals surface area contributed by atoms with E-state index >= 15 is 0 Å². The van der Waals surface area contributed by atoms with E-state index in [-0.39, 0.29) is 11.9 Å². The molecule has 0 unspecified atom stereocenters. The van der Waals surface area contributed by atoms with E-state index in [2.05, 4.69) is 0 Å².